The highest BCUT2D eigenvalue weighted by atomic mass is 16.5. The van der Waals surface area contributed by atoms with Crippen molar-refractivity contribution in [3.05, 3.63) is 17.5 Å². The van der Waals surface area contributed by atoms with Crippen molar-refractivity contribution in [2.75, 3.05) is 13.7 Å². The van der Waals surface area contributed by atoms with Crippen LogP contribution < -0.4 is 5.32 Å². The van der Waals surface area contributed by atoms with Crippen LogP contribution in [0.25, 0.3) is 0 Å². The summed E-state index contributed by atoms with van der Waals surface area (Å²) < 4.78 is 6.16. The minimum atomic E-state index is -0.865. The van der Waals surface area contributed by atoms with Crippen molar-refractivity contribution in [2.45, 2.75) is 26.8 Å². The molecule has 1 aromatic heterocycles. The van der Waals surface area contributed by atoms with E-state index in [-0.39, 0.29) is 0 Å². The van der Waals surface area contributed by atoms with Gasteiger partial charge in [-0.25, -0.2) is 4.79 Å². The second kappa shape index (κ2) is 6.03. The number of aryl methyl sites for hydroxylation is 3. The third kappa shape index (κ3) is 3.90. The number of nitrogens with one attached hydrogen (secondary N) is 1. The van der Waals surface area contributed by atoms with Crippen LogP contribution >= 0.6 is 0 Å². The lowest BCUT2D eigenvalue weighted by Crippen LogP contribution is -2.32. The number of nitrogens with zero attached hydrogens (tertiary/aromatic N) is 2. The van der Waals surface area contributed by atoms with Crippen molar-refractivity contribution in [1.82, 2.24) is 15.1 Å². The topological polar surface area (TPSA) is 73.2 Å². The number of carbonyl (C=O) groups excluding carboxylic acids is 2. The number of esters is 1. The highest BCUT2D eigenvalue weighted by Crippen LogP contribution is 2.02. The molecule has 6 nitrogen and oxygen atoms in total. The molecule has 0 spiro atoms. The molecule has 0 aliphatic carbocycles. The van der Waals surface area contributed by atoms with Crippen molar-refractivity contribution in [1.29, 1.82) is 0 Å². The standard InChI is InChI=1S/C11H17N3O3/c1-8-7-9(2)14(13-8)6-4-5-12-10(15)11(16)17-3/h7H,4-6H2,1-3H3,(H,12,15). The Morgan fingerprint density at radius 3 is 2.71 bits per heavy atom. The van der Waals surface area contributed by atoms with E-state index in [0.29, 0.717) is 19.5 Å². The number of methoxy groups -OCH3 is 1. The lowest BCUT2D eigenvalue weighted by Gasteiger charge is -2.05. The zero-order valence-electron chi connectivity index (χ0n) is 10.3. The number of hydrogen-bond acceptors (Lipinski definition) is 4. The number of aromatic nitrogens is 2. The van der Waals surface area contributed by atoms with Crippen LogP contribution in [0.4, 0.5) is 0 Å². The van der Waals surface area contributed by atoms with Gasteiger partial charge < -0.3 is 10.1 Å². The van der Waals surface area contributed by atoms with E-state index < -0.39 is 11.9 Å². The first-order valence-corrected chi connectivity index (χ1v) is 5.41. The average molecular weight is 239 g/mol. The van der Waals surface area contributed by atoms with E-state index in [1.807, 2.05) is 24.6 Å². The second-order valence-electron chi connectivity index (χ2n) is 3.75. The molecule has 0 atom stereocenters. The molecule has 0 aliphatic rings. The molecule has 0 bridgehead atoms. The summed E-state index contributed by atoms with van der Waals surface area (Å²) >= 11 is 0. The van der Waals surface area contributed by atoms with E-state index >= 15 is 0 Å². The molecule has 6 heteroatoms. The highest BCUT2D eigenvalue weighted by Gasteiger charge is 2.11. The Hall–Kier alpha value is -1.85. The fourth-order valence-corrected chi connectivity index (χ4v) is 1.50. The summed E-state index contributed by atoms with van der Waals surface area (Å²) in [5, 5.41) is 6.77. The molecule has 1 heterocycles. The van der Waals surface area contributed by atoms with Gasteiger partial charge in [0.2, 0.25) is 0 Å². The first-order valence-electron chi connectivity index (χ1n) is 5.41. The van der Waals surface area contributed by atoms with Crippen molar-refractivity contribution in [3.63, 3.8) is 0 Å². The van der Waals surface area contributed by atoms with Crippen LogP contribution in [0.1, 0.15) is 17.8 Å². The van der Waals surface area contributed by atoms with Crippen molar-refractivity contribution in [2.24, 2.45) is 0 Å². The molecule has 0 aliphatic heterocycles. The van der Waals surface area contributed by atoms with Crippen LogP contribution in [0.15, 0.2) is 6.07 Å². The Balaban J connectivity index is 2.27. The fourth-order valence-electron chi connectivity index (χ4n) is 1.50. The number of carbonyl (C=O) groups is 2. The summed E-state index contributed by atoms with van der Waals surface area (Å²) in [6, 6.07) is 1.99. The minimum Gasteiger partial charge on any atom is -0.462 e. The molecule has 17 heavy (non-hydrogen) atoms. The molecule has 0 saturated carbocycles. The minimum absolute atomic E-state index is 0.423. The van der Waals surface area contributed by atoms with Gasteiger partial charge in [0.1, 0.15) is 0 Å². The lowest BCUT2D eigenvalue weighted by molar-refractivity contribution is -0.152. The summed E-state index contributed by atoms with van der Waals surface area (Å²) in [5.74, 6) is -1.57. The third-order valence-electron chi connectivity index (χ3n) is 2.31. The molecule has 0 aromatic carbocycles. The first kappa shape index (κ1) is 13.2. The number of ether oxygens (including phenoxy) is 1. The van der Waals surface area contributed by atoms with Crippen LogP contribution in [-0.2, 0) is 20.9 Å². The summed E-state index contributed by atoms with van der Waals surface area (Å²) in [6.07, 6.45) is 0.713. The maximum Gasteiger partial charge on any atom is 0.396 e. The monoisotopic (exact) mass is 239 g/mol. The van der Waals surface area contributed by atoms with Gasteiger partial charge in [-0.15, -0.1) is 0 Å². The maximum atomic E-state index is 11.0. The molecule has 94 valence electrons. The molecule has 0 saturated heterocycles. The van der Waals surface area contributed by atoms with E-state index in [4.69, 9.17) is 0 Å². The molecule has 0 fully saturated rings. The predicted octanol–water partition coefficient (Wildman–Crippen LogP) is 0.179. The van der Waals surface area contributed by atoms with Crippen molar-refractivity contribution < 1.29 is 14.3 Å². The van der Waals surface area contributed by atoms with Crippen LogP contribution in [0.5, 0.6) is 0 Å². The molecular weight excluding hydrogens is 222 g/mol. The van der Waals surface area contributed by atoms with E-state index in [1.54, 1.807) is 0 Å². The smallest absolute Gasteiger partial charge is 0.396 e. The molecule has 1 rings (SSSR count). The Labute approximate surface area is 99.9 Å². The van der Waals surface area contributed by atoms with E-state index in [0.717, 1.165) is 11.4 Å². The van der Waals surface area contributed by atoms with E-state index in [9.17, 15) is 9.59 Å². The average Bonchev–Trinajstić information content (AvgIpc) is 2.62. The third-order valence-corrected chi connectivity index (χ3v) is 2.31. The molecule has 0 radical (unpaired) electrons. The number of rotatable bonds is 4. The van der Waals surface area contributed by atoms with Crippen LogP contribution in [0.2, 0.25) is 0 Å². The van der Waals surface area contributed by atoms with Crippen LogP contribution in [-0.4, -0.2) is 35.3 Å². The van der Waals surface area contributed by atoms with Gasteiger partial charge in [-0.3, -0.25) is 9.48 Å². The molecule has 1 aromatic rings. The zero-order valence-corrected chi connectivity index (χ0v) is 10.3. The largest absolute Gasteiger partial charge is 0.462 e. The zero-order chi connectivity index (χ0) is 12.8. The summed E-state index contributed by atoms with van der Waals surface area (Å²) in [6.45, 7) is 5.04. The van der Waals surface area contributed by atoms with Gasteiger partial charge in [0, 0.05) is 18.8 Å². The Morgan fingerprint density at radius 1 is 1.47 bits per heavy atom. The van der Waals surface area contributed by atoms with Gasteiger partial charge in [0.15, 0.2) is 0 Å². The highest BCUT2D eigenvalue weighted by molar-refractivity contribution is 6.32. The molecular formula is C11H17N3O3. The van der Waals surface area contributed by atoms with Gasteiger partial charge in [0.05, 0.1) is 12.8 Å². The Kier molecular flexibility index (Phi) is 4.68. The SMILES string of the molecule is COC(=O)C(=O)NCCCn1nc(C)cc1C. The van der Waals surface area contributed by atoms with Crippen molar-refractivity contribution >= 4 is 11.9 Å². The quantitative estimate of drug-likeness (QED) is 0.462. The maximum absolute atomic E-state index is 11.0. The summed E-state index contributed by atoms with van der Waals surface area (Å²) in [5.41, 5.74) is 2.06. The Bertz CT molecular complexity index is 412. The fraction of sp³-hybridized carbons (Fsp3) is 0.545. The Morgan fingerprint density at radius 2 is 2.18 bits per heavy atom. The van der Waals surface area contributed by atoms with Crippen LogP contribution in [0.3, 0.4) is 0 Å². The number of hydrogen-bond donors (Lipinski definition) is 1. The molecule has 1 amide bonds. The summed E-state index contributed by atoms with van der Waals surface area (Å²) in [7, 11) is 1.18. The van der Waals surface area contributed by atoms with Gasteiger partial charge in [-0.05, 0) is 26.3 Å². The van der Waals surface area contributed by atoms with Gasteiger partial charge in [-0.2, -0.15) is 5.10 Å². The molecule has 1 N–H and O–H groups in total. The van der Waals surface area contributed by atoms with E-state index in [2.05, 4.69) is 15.2 Å². The van der Waals surface area contributed by atoms with Gasteiger partial charge in [-0.1, -0.05) is 0 Å². The normalized spacial score (nSPS) is 10.1. The first-order chi connectivity index (χ1) is 8.04. The molecule has 0 unspecified atom stereocenters. The lowest BCUT2D eigenvalue weighted by atomic mass is 10.4. The van der Waals surface area contributed by atoms with Crippen LogP contribution in [0, 0.1) is 13.8 Å². The predicted molar refractivity (Wildman–Crippen MR) is 61.3 cm³/mol. The summed E-state index contributed by atoms with van der Waals surface area (Å²) in [4.78, 5) is 21.8. The van der Waals surface area contributed by atoms with E-state index in [1.165, 1.54) is 7.11 Å². The van der Waals surface area contributed by atoms with Gasteiger partial charge in [0.25, 0.3) is 0 Å². The number of amides is 1. The van der Waals surface area contributed by atoms with Crippen molar-refractivity contribution in [3.8, 4) is 0 Å². The van der Waals surface area contributed by atoms with Gasteiger partial charge >= 0.3 is 11.9 Å². The second-order valence-corrected chi connectivity index (χ2v) is 3.75.